The van der Waals surface area contributed by atoms with E-state index in [0.717, 1.165) is 28.7 Å². The highest BCUT2D eigenvalue weighted by Gasteiger charge is 2.29. The summed E-state index contributed by atoms with van der Waals surface area (Å²) in [4.78, 5) is 13.4. The van der Waals surface area contributed by atoms with Gasteiger partial charge < -0.3 is 11.5 Å². The van der Waals surface area contributed by atoms with Crippen molar-refractivity contribution in [1.29, 1.82) is 0 Å². The fraction of sp³-hybridized carbons (Fsp3) is 0.458. The Hall–Kier alpha value is -2.16. The van der Waals surface area contributed by atoms with Gasteiger partial charge in [0.25, 0.3) is 5.91 Å². The number of nitrogens with two attached hydrogens (primary N) is 2. The third-order valence-electron chi connectivity index (χ3n) is 6.09. The van der Waals surface area contributed by atoms with E-state index in [0.29, 0.717) is 43.1 Å². The van der Waals surface area contributed by atoms with Crippen LogP contribution in [0.2, 0.25) is 0 Å². The SMILES string of the molecule is C=C(c1cc(-c2csc(CC(C)C)c2)cc(C(N)=O)c1N)C1CCN(S(=O)(=O)CC)CC1. The maximum absolute atomic E-state index is 12.2. The molecular formula is C24H33N3O3S2. The van der Waals surface area contributed by atoms with E-state index in [-0.39, 0.29) is 11.7 Å². The van der Waals surface area contributed by atoms with Crippen LogP contribution in [0, 0.1) is 11.8 Å². The van der Waals surface area contributed by atoms with Crippen LogP contribution in [-0.4, -0.2) is 37.5 Å². The summed E-state index contributed by atoms with van der Waals surface area (Å²) in [6.45, 7) is 11.3. The van der Waals surface area contributed by atoms with Crippen LogP contribution in [0.1, 0.15) is 54.4 Å². The van der Waals surface area contributed by atoms with Crippen molar-refractivity contribution in [3.05, 3.63) is 46.2 Å². The first-order chi connectivity index (χ1) is 15.0. The molecule has 0 aliphatic carbocycles. The van der Waals surface area contributed by atoms with Crippen molar-refractivity contribution < 1.29 is 13.2 Å². The number of allylic oxidation sites excluding steroid dienone is 1. The number of primary amides is 1. The van der Waals surface area contributed by atoms with Crippen molar-refractivity contribution in [3.63, 3.8) is 0 Å². The van der Waals surface area contributed by atoms with Crippen LogP contribution < -0.4 is 11.5 Å². The number of hydrogen-bond donors (Lipinski definition) is 2. The first-order valence-electron chi connectivity index (χ1n) is 11.0. The molecule has 3 rings (SSSR count). The molecule has 174 valence electrons. The summed E-state index contributed by atoms with van der Waals surface area (Å²) in [5.41, 5.74) is 16.1. The number of piperidine rings is 1. The van der Waals surface area contributed by atoms with E-state index < -0.39 is 15.9 Å². The van der Waals surface area contributed by atoms with Crippen LogP contribution in [0.15, 0.2) is 30.2 Å². The van der Waals surface area contributed by atoms with Gasteiger partial charge in [-0.15, -0.1) is 11.3 Å². The minimum Gasteiger partial charge on any atom is -0.398 e. The number of thiophene rings is 1. The van der Waals surface area contributed by atoms with Gasteiger partial charge in [-0.25, -0.2) is 12.7 Å². The van der Waals surface area contributed by atoms with Gasteiger partial charge in [0.15, 0.2) is 0 Å². The maximum Gasteiger partial charge on any atom is 0.250 e. The monoisotopic (exact) mass is 475 g/mol. The maximum atomic E-state index is 12.2. The molecule has 1 aromatic heterocycles. The van der Waals surface area contributed by atoms with Crippen molar-refractivity contribution in [3.8, 4) is 11.1 Å². The number of nitrogens with zero attached hydrogens (tertiary/aromatic N) is 1. The molecule has 8 heteroatoms. The lowest BCUT2D eigenvalue weighted by Gasteiger charge is -2.32. The van der Waals surface area contributed by atoms with Crippen LogP contribution >= 0.6 is 11.3 Å². The molecule has 0 spiro atoms. The Balaban J connectivity index is 1.91. The standard InChI is InChI=1S/C24H33N3O3S2/c1-5-32(29,30)27-8-6-17(7-9-27)16(4)21-12-18(13-22(23(21)25)24(26)28)19-11-20(31-14-19)10-15(2)3/h11-15,17H,4-10,25H2,1-3H3,(H2,26,28). The first kappa shape index (κ1) is 24.5. The summed E-state index contributed by atoms with van der Waals surface area (Å²) in [5.74, 6) is 0.192. The number of rotatable bonds is 8. The van der Waals surface area contributed by atoms with E-state index >= 15 is 0 Å². The Bertz CT molecular complexity index is 1110. The van der Waals surface area contributed by atoms with Crippen LogP contribution in [-0.2, 0) is 16.4 Å². The van der Waals surface area contributed by atoms with E-state index in [4.69, 9.17) is 11.5 Å². The quantitative estimate of drug-likeness (QED) is 0.553. The number of anilines is 1. The van der Waals surface area contributed by atoms with Crippen LogP contribution in [0.25, 0.3) is 16.7 Å². The summed E-state index contributed by atoms with van der Waals surface area (Å²) in [6, 6.07) is 5.90. The molecule has 1 aromatic carbocycles. The van der Waals surface area contributed by atoms with Crippen molar-refractivity contribution in [2.75, 3.05) is 24.6 Å². The molecular weight excluding hydrogens is 442 g/mol. The van der Waals surface area contributed by atoms with Crippen LogP contribution in [0.5, 0.6) is 0 Å². The highest BCUT2D eigenvalue weighted by molar-refractivity contribution is 7.89. The second-order valence-electron chi connectivity index (χ2n) is 8.85. The smallest absolute Gasteiger partial charge is 0.250 e. The largest absolute Gasteiger partial charge is 0.398 e. The lowest BCUT2D eigenvalue weighted by Crippen LogP contribution is -2.39. The van der Waals surface area contributed by atoms with Gasteiger partial charge >= 0.3 is 0 Å². The average Bonchev–Trinajstić information content (AvgIpc) is 3.21. The normalized spacial score (nSPS) is 15.9. The minimum atomic E-state index is -3.19. The van der Waals surface area contributed by atoms with Gasteiger partial charge in [0.2, 0.25) is 10.0 Å². The van der Waals surface area contributed by atoms with Crippen molar-refractivity contribution in [1.82, 2.24) is 4.31 Å². The second-order valence-corrected chi connectivity index (χ2v) is 12.1. The number of sulfonamides is 1. The van der Waals surface area contributed by atoms with Gasteiger partial charge in [-0.05, 0) is 78.3 Å². The van der Waals surface area contributed by atoms with Crippen LogP contribution in [0.3, 0.4) is 0 Å². The van der Waals surface area contributed by atoms with Gasteiger partial charge in [0.05, 0.1) is 17.0 Å². The second kappa shape index (κ2) is 9.77. The van der Waals surface area contributed by atoms with Gasteiger partial charge in [-0.2, -0.15) is 0 Å². The molecule has 2 aromatic rings. The molecule has 1 aliphatic rings. The predicted molar refractivity (Wildman–Crippen MR) is 134 cm³/mol. The van der Waals surface area contributed by atoms with E-state index in [2.05, 4.69) is 31.9 Å². The molecule has 1 saturated heterocycles. The molecule has 6 nitrogen and oxygen atoms in total. The third-order valence-corrected chi connectivity index (χ3v) is 8.93. The molecule has 0 radical (unpaired) electrons. The highest BCUT2D eigenvalue weighted by Crippen LogP contribution is 2.38. The lowest BCUT2D eigenvalue weighted by molar-refractivity contribution is 0.100. The van der Waals surface area contributed by atoms with Crippen molar-refractivity contribution >= 4 is 38.5 Å². The molecule has 2 heterocycles. The Labute approximate surface area is 195 Å². The fourth-order valence-electron chi connectivity index (χ4n) is 4.22. The number of hydrogen-bond acceptors (Lipinski definition) is 5. The zero-order chi connectivity index (χ0) is 23.6. The van der Waals surface area contributed by atoms with Gasteiger partial charge in [0.1, 0.15) is 0 Å². The van der Waals surface area contributed by atoms with Gasteiger partial charge in [0, 0.05) is 23.5 Å². The molecule has 0 saturated carbocycles. The third kappa shape index (κ3) is 5.24. The van der Waals surface area contributed by atoms with Gasteiger partial charge in [-0.3, -0.25) is 4.79 Å². The van der Waals surface area contributed by atoms with E-state index in [1.807, 2.05) is 6.07 Å². The summed E-state index contributed by atoms with van der Waals surface area (Å²) in [5, 5.41) is 2.09. The molecule has 1 aliphatic heterocycles. The zero-order valence-corrected chi connectivity index (χ0v) is 20.7. The lowest BCUT2D eigenvalue weighted by atomic mass is 9.84. The topological polar surface area (TPSA) is 106 Å². The van der Waals surface area contributed by atoms with E-state index in [1.54, 1.807) is 28.6 Å². The van der Waals surface area contributed by atoms with Crippen molar-refractivity contribution in [2.45, 2.75) is 40.0 Å². The fourth-order valence-corrected chi connectivity index (χ4v) is 6.46. The Morgan fingerprint density at radius 3 is 2.38 bits per heavy atom. The first-order valence-corrected chi connectivity index (χ1v) is 13.5. The van der Waals surface area contributed by atoms with Gasteiger partial charge in [-0.1, -0.05) is 20.4 Å². The van der Waals surface area contributed by atoms with E-state index in [1.165, 1.54) is 4.88 Å². The Morgan fingerprint density at radius 1 is 1.19 bits per heavy atom. The number of nitrogen functional groups attached to an aromatic ring is 1. The minimum absolute atomic E-state index is 0.0931. The van der Waals surface area contributed by atoms with E-state index in [9.17, 15) is 13.2 Å². The number of carbonyl (C=O) groups is 1. The number of carbonyl (C=O) groups excluding carboxylic acids is 1. The van der Waals surface area contributed by atoms with Crippen LogP contribution in [0.4, 0.5) is 5.69 Å². The molecule has 4 N–H and O–H groups in total. The Kier molecular flexibility index (Phi) is 7.47. The zero-order valence-electron chi connectivity index (χ0n) is 19.1. The molecule has 0 atom stereocenters. The van der Waals surface area contributed by atoms with Crippen molar-refractivity contribution in [2.24, 2.45) is 17.6 Å². The molecule has 0 unspecified atom stereocenters. The Morgan fingerprint density at radius 2 is 1.81 bits per heavy atom. The molecule has 0 bridgehead atoms. The molecule has 32 heavy (non-hydrogen) atoms. The number of benzene rings is 1. The predicted octanol–water partition coefficient (Wildman–Crippen LogP) is 4.37. The summed E-state index contributed by atoms with van der Waals surface area (Å²) in [6.07, 6.45) is 2.34. The molecule has 1 fully saturated rings. The average molecular weight is 476 g/mol. The number of amides is 1. The highest BCUT2D eigenvalue weighted by atomic mass is 32.2. The summed E-state index contributed by atoms with van der Waals surface area (Å²) in [7, 11) is -3.19. The summed E-state index contributed by atoms with van der Waals surface area (Å²) >= 11 is 1.71. The molecule has 1 amide bonds. The summed E-state index contributed by atoms with van der Waals surface area (Å²) < 4.78 is 25.9.